The van der Waals surface area contributed by atoms with Crippen molar-refractivity contribution < 1.29 is 27.9 Å². The zero-order valence-electron chi connectivity index (χ0n) is 14.9. The molecule has 0 unspecified atom stereocenters. The molecule has 1 aromatic heterocycles. The molecule has 1 fully saturated rings. The summed E-state index contributed by atoms with van der Waals surface area (Å²) in [5, 5.41) is 9.21. The highest BCUT2D eigenvalue weighted by molar-refractivity contribution is 7.89. The molecule has 2 rings (SSSR count). The first-order valence-electron chi connectivity index (χ1n) is 8.18. The minimum absolute atomic E-state index is 0.0271. The fourth-order valence-corrected chi connectivity index (χ4v) is 5.17. The molecule has 9 heteroatoms. The van der Waals surface area contributed by atoms with Crippen LogP contribution < -0.4 is 0 Å². The number of esters is 1. The third-order valence-corrected chi connectivity index (χ3v) is 6.76. The third kappa shape index (κ3) is 3.43. The van der Waals surface area contributed by atoms with E-state index in [-0.39, 0.29) is 30.2 Å². The number of aromatic nitrogens is 1. The summed E-state index contributed by atoms with van der Waals surface area (Å²) in [4.78, 5) is 23.5. The summed E-state index contributed by atoms with van der Waals surface area (Å²) in [6.07, 6.45) is 0.911. The SMILES string of the molecule is CCOC(=O)c1c(S(=O)(=O)N2CCC[C@@H](C(=O)O)C2)c(C)n(C)c1C. The van der Waals surface area contributed by atoms with Crippen molar-refractivity contribution in [3.05, 3.63) is 17.0 Å². The van der Waals surface area contributed by atoms with Crippen molar-refractivity contribution in [3.63, 3.8) is 0 Å². The maximum atomic E-state index is 13.2. The molecule has 140 valence electrons. The topological polar surface area (TPSA) is 106 Å². The lowest BCUT2D eigenvalue weighted by molar-refractivity contribution is -0.142. The highest BCUT2D eigenvalue weighted by Crippen LogP contribution is 2.32. The fourth-order valence-electron chi connectivity index (χ4n) is 3.17. The molecule has 0 aliphatic carbocycles. The zero-order valence-corrected chi connectivity index (χ0v) is 15.7. The van der Waals surface area contributed by atoms with Gasteiger partial charge in [0.05, 0.1) is 12.5 Å². The van der Waals surface area contributed by atoms with Gasteiger partial charge >= 0.3 is 11.9 Å². The summed E-state index contributed by atoms with van der Waals surface area (Å²) >= 11 is 0. The Balaban J connectivity index is 2.54. The number of piperidine rings is 1. The summed E-state index contributed by atoms with van der Waals surface area (Å²) in [6.45, 7) is 5.22. The Bertz CT molecular complexity index is 796. The predicted molar refractivity (Wildman–Crippen MR) is 90.0 cm³/mol. The summed E-state index contributed by atoms with van der Waals surface area (Å²) in [7, 11) is -2.32. The molecule has 25 heavy (non-hydrogen) atoms. The van der Waals surface area contributed by atoms with Crippen LogP contribution in [0.3, 0.4) is 0 Å². The van der Waals surface area contributed by atoms with Crippen LogP contribution >= 0.6 is 0 Å². The van der Waals surface area contributed by atoms with E-state index in [1.54, 1.807) is 32.4 Å². The normalized spacial score (nSPS) is 19.0. The first-order valence-corrected chi connectivity index (χ1v) is 9.62. The van der Waals surface area contributed by atoms with E-state index in [0.29, 0.717) is 24.2 Å². The number of hydrogen-bond donors (Lipinski definition) is 1. The van der Waals surface area contributed by atoms with Crippen LogP contribution in [-0.2, 0) is 26.6 Å². The average molecular weight is 372 g/mol. The van der Waals surface area contributed by atoms with Crippen LogP contribution in [0.2, 0.25) is 0 Å². The van der Waals surface area contributed by atoms with Crippen molar-refractivity contribution in [2.45, 2.75) is 38.5 Å². The molecule has 0 bridgehead atoms. The van der Waals surface area contributed by atoms with Gasteiger partial charge in [0.15, 0.2) is 0 Å². The van der Waals surface area contributed by atoms with Crippen LogP contribution in [0, 0.1) is 19.8 Å². The maximum absolute atomic E-state index is 13.2. The number of ether oxygens (including phenoxy) is 1. The van der Waals surface area contributed by atoms with E-state index in [4.69, 9.17) is 4.74 Å². The Kier molecular flexibility index (Phi) is 5.58. The summed E-state index contributed by atoms with van der Waals surface area (Å²) in [6, 6.07) is 0. The van der Waals surface area contributed by atoms with Crippen molar-refractivity contribution in [1.29, 1.82) is 0 Å². The zero-order chi connectivity index (χ0) is 18.9. The highest BCUT2D eigenvalue weighted by Gasteiger charge is 2.38. The minimum Gasteiger partial charge on any atom is -0.481 e. The van der Waals surface area contributed by atoms with Gasteiger partial charge in [0, 0.05) is 31.5 Å². The predicted octanol–water partition coefficient (Wildman–Crippen LogP) is 1.30. The van der Waals surface area contributed by atoms with Gasteiger partial charge in [0.25, 0.3) is 0 Å². The van der Waals surface area contributed by atoms with Gasteiger partial charge < -0.3 is 14.4 Å². The van der Waals surface area contributed by atoms with E-state index >= 15 is 0 Å². The summed E-state index contributed by atoms with van der Waals surface area (Å²) < 4.78 is 34.2. The monoisotopic (exact) mass is 372 g/mol. The molecular weight excluding hydrogens is 348 g/mol. The van der Waals surface area contributed by atoms with Crippen LogP contribution in [0.4, 0.5) is 0 Å². The number of carbonyl (C=O) groups excluding carboxylic acids is 1. The molecule has 0 amide bonds. The molecule has 1 atom stereocenters. The molecule has 1 saturated heterocycles. The van der Waals surface area contributed by atoms with Crippen LogP contribution in [0.15, 0.2) is 4.90 Å². The number of rotatable bonds is 5. The molecule has 0 aromatic carbocycles. The van der Waals surface area contributed by atoms with Gasteiger partial charge in [-0.1, -0.05) is 0 Å². The first kappa shape index (κ1) is 19.5. The Morgan fingerprint density at radius 3 is 2.48 bits per heavy atom. The number of sulfonamides is 1. The van der Waals surface area contributed by atoms with Crippen molar-refractivity contribution in [2.24, 2.45) is 13.0 Å². The molecule has 1 aliphatic heterocycles. The van der Waals surface area contributed by atoms with E-state index in [1.807, 2.05) is 0 Å². The standard InChI is InChI=1S/C16H24N2O6S/c1-5-24-16(21)13-10(2)17(4)11(3)14(13)25(22,23)18-8-6-7-12(9-18)15(19)20/h12H,5-9H2,1-4H3,(H,19,20)/t12-/m1/s1. The van der Waals surface area contributed by atoms with Crippen LogP contribution in [-0.4, -0.2) is 54.0 Å². The van der Waals surface area contributed by atoms with Gasteiger partial charge in [-0.2, -0.15) is 4.31 Å². The van der Waals surface area contributed by atoms with Gasteiger partial charge in [-0.25, -0.2) is 13.2 Å². The fraction of sp³-hybridized carbons (Fsp3) is 0.625. The van der Waals surface area contributed by atoms with Crippen molar-refractivity contribution in [2.75, 3.05) is 19.7 Å². The first-order chi connectivity index (χ1) is 11.6. The molecule has 1 aliphatic rings. The summed E-state index contributed by atoms with van der Waals surface area (Å²) in [5.41, 5.74) is 0.957. The summed E-state index contributed by atoms with van der Waals surface area (Å²) in [5.74, 6) is -2.43. The van der Waals surface area contributed by atoms with Crippen molar-refractivity contribution in [1.82, 2.24) is 8.87 Å². The smallest absolute Gasteiger partial charge is 0.341 e. The number of hydrogen-bond acceptors (Lipinski definition) is 5. The molecule has 0 radical (unpaired) electrons. The lowest BCUT2D eigenvalue weighted by Crippen LogP contribution is -2.42. The van der Waals surface area contributed by atoms with E-state index < -0.39 is 27.9 Å². The Morgan fingerprint density at radius 1 is 1.28 bits per heavy atom. The highest BCUT2D eigenvalue weighted by atomic mass is 32.2. The van der Waals surface area contributed by atoms with Gasteiger partial charge in [0.1, 0.15) is 10.5 Å². The number of carboxylic acid groups (broad SMARTS) is 1. The lowest BCUT2D eigenvalue weighted by atomic mass is 10.0. The van der Waals surface area contributed by atoms with E-state index in [2.05, 4.69) is 0 Å². The van der Waals surface area contributed by atoms with E-state index in [9.17, 15) is 23.1 Å². The maximum Gasteiger partial charge on any atom is 0.341 e. The largest absolute Gasteiger partial charge is 0.481 e. The average Bonchev–Trinajstić information content (AvgIpc) is 2.80. The molecule has 2 heterocycles. The Morgan fingerprint density at radius 2 is 1.92 bits per heavy atom. The van der Waals surface area contributed by atoms with Gasteiger partial charge in [-0.05, 0) is 33.6 Å². The van der Waals surface area contributed by atoms with E-state index in [1.165, 1.54) is 4.31 Å². The minimum atomic E-state index is -4.01. The second-order valence-electron chi connectivity index (χ2n) is 6.19. The molecule has 0 saturated carbocycles. The van der Waals surface area contributed by atoms with Crippen LogP contribution in [0.25, 0.3) is 0 Å². The second kappa shape index (κ2) is 7.17. The van der Waals surface area contributed by atoms with Crippen LogP contribution in [0.5, 0.6) is 0 Å². The van der Waals surface area contributed by atoms with E-state index in [0.717, 1.165) is 0 Å². The van der Waals surface area contributed by atoms with Crippen LogP contribution in [0.1, 0.15) is 41.5 Å². The number of nitrogens with zero attached hydrogens (tertiary/aromatic N) is 2. The van der Waals surface area contributed by atoms with Crippen molar-refractivity contribution in [3.8, 4) is 0 Å². The number of carbonyl (C=O) groups is 2. The van der Waals surface area contributed by atoms with Gasteiger partial charge in [0.2, 0.25) is 10.0 Å². The molecule has 0 spiro atoms. The third-order valence-electron chi connectivity index (χ3n) is 4.73. The van der Waals surface area contributed by atoms with Crippen molar-refractivity contribution >= 4 is 22.0 Å². The molecule has 8 nitrogen and oxygen atoms in total. The number of carboxylic acids is 1. The number of aliphatic carboxylic acids is 1. The molecule has 1 N–H and O–H groups in total. The molecule has 1 aromatic rings. The second-order valence-corrected chi connectivity index (χ2v) is 8.07. The molecular formula is C16H24N2O6S. The Labute approximate surface area is 147 Å². The van der Waals surface area contributed by atoms with Gasteiger partial charge in [-0.15, -0.1) is 0 Å². The Hall–Kier alpha value is -1.87. The lowest BCUT2D eigenvalue weighted by Gasteiger charge is -2.30. The quantitative estimate of drug-likeness (QED) is 0.781. The van der Waals surface area contributed by atoms with Gasteiger partial charge in [-0.3, -0.25) is 4.79 Å².